The van der Waals surface area contributed by atoms with Gasteiger partial charge in [-0.25, -0.2) is 0 Å². The smallest absolute Gasteiger partial charge is 0.161 e. The SMILES string of the molecule is CN1C2CCC1CC(C(=O)C1=CCCCCC1)C2. The lowest BCUT2D eigenvalue weighted by atomic mass is 9.84. The van der Waals surface area contributed by atoms with Gasteiger partial charge in [-0.15, -0.1) is 0 Å². The molecule has 2 heteroatoms. The van der Waals surface area contributed by atoms with Gasteiger partial charge in [-0.05, 0) is 64.0 Å². The molecule has 3 aliphatic rings. The van der Waals surface area contributed by atoms with Crippen LogP contribution in [0.25, 0.3) is 0 Å². The van der Waals surface area contributed by atoms with Crippen LogP contribution in [0.5, 0.6) is 0 Å². The van der Waals surface area contributed by atoms with Gasteiger partial charge in [0.25, 0.3) is 0 Å². The summed E-state index contributed by atoms with van der Waals surface area (Å²) in [7, 11) is 2.24. The van der Waals surface area contributed by atoms with Crippen LogP contribution in [-0.4, -0.2) is 29.8 Å². The highest BCUT2D eigenvalue weighted by molar-refractivity contribution is 5.97. The molecule has 2 saturated heterocycles. The highest BCUT2D eigenvalue weighted by Gasteiger charge is 2.41. The van der Waals surface area contributed by atoms with Gasteiger partial charge in [-0.1, -0.05) is 12.5 Å². The molecule has 2 bridgehead atoms. The zero-order valence-electron chi connectivity index (χ0n) is 11.5. The van der Waals surface area contributed by atoms with Crippen LogP contribution >= 0.6 is 0 Å². The van der Waals surface area contributed by atoms with Gasteiger partial charge in [0.2, 0.25) is 0 Å². The molecular formula is C16H25NO. The molecule has 0 amide bonds. The molecule has 0 spiro atoms. The van der Waals surface area contributed by atoms with Crippen LogP contribution < -0.4 is 0 Å². The number of ketones is 1. The van der Waals surface area contributed by atoms with Gasteiger partial charge in [0, 0.05) is 18.0 Å². The van der Waals surface area contributed by atoms with E-state index in [-0.39, 0.29) is 0 Å². The number of fused-ring (bicyclic) bond motifs is 2. The highest BCUT2D eigenvalue weighted by atomic mass is 16.1. The molecule has 2 fully saturated rings. The van der Waals surface area contributed by atoms with E-state index in [2.05, 4.69) is 18.0 Å². The van der Waals surface area contributed by atoms with Crippen LogP contribution in [0.1, 0.15) is 57.8 Å². The van der Waals surface area contributed by atoms with Crippen molar-refractivity contribution in [3.8, 4) is 0 Å². The molecule has 100 valence electrons. The molecule has 2 nitrogen and oxygen atoms in total. The fourth-order valence-electron chi connectivity index (χ4n) is 4.13. The van der Waals surface area contributed by atoms with Gasteiger partial charge >= 0.3 is 0 Å². The van der Waals surface area contributed by atoms with Crippen molar-refractivity contribution in [1.29, 1.82) is 0 Å². The minimum Gasteiger partial charge on any atom is -0.300 e. The zero-order valence-corrected chi connectivity index (χ0v) is 11.5. The molecule has 0 aromatic rings. The Bertz CT molecular complexity index is 346. The number of carbonyl (C=O) groups excluding carboxylic acids is 1. The van der Waals surface area contributed by atoms with E-state index in [0.29, 0.717) is 23.8 Å². The van der Waals surface area contributed by atoms with E-state index in [1.54, 1.807) is 0 Å². The number of rotatable bonds is 2. The van der Waals surface area contributed by atoms with Gasteiger partial charge in [0.05, 0.1) is 0 Å². The third-order valence-electron chi connectivity index (χ3n) is 5.33. The second kappa shape index (κ2) is 5.16. The van der Waals surface area contributed by atoms with E-state index >= 15 is 0 Å². The predicted molar refractivity (Wildman–Crippen MR) is 73.5 cm³/mol. The van der Waals surface area contributed by atoms with Crippen LogP contribution in [0, 0.1) is 5.92 Å². The Morgan fingerprint density at radius 3 is 2.61 bits per heavy atom. The summed E-state index contributed by atoms with van der Waals surface area (Å²) in [5.74, 6) is 0.838. The van der Waals surface area contributed by atoms with Crippen LogP contribution in [0.15, 0.2) is 11.6 Å². The Hall–Kier alpha value is -0.630. The van der Waals surface area contributed by atoms with Gasteiger partial charge in [-0.2, -0.15) is 0 Å². The highest BCUT2D eigenvalue weighted by Crippen LogP contribution is 2.39. The number of Topliss-reactive ketones (excluding diaryl/α,β-unsaturated/α-hetero) is 1. The summed E-state index contributed by atoms with van der Waals surface area (Å²) in [5.41, 5.74) is 1.17. The second-order valence-electron chi connectivity index (χ2n) is 6.41. The molecule has 2 aliphatic heterocycles. The van der Waals surface area contributed by atoms with Gasteiger partial charge < -0.3 is 4.90 Å². The maximum absolute atomic E-state index is 12.6. The molecule has 3 rings (SSSR count). The minimum absolute atomic E-state index is 0.336. The third-order valence-corrected chi connectivity index (χ3v) is 5.33. The molecule has 2 unspecified atom stereocenters. The van der Waals surface area contributed by atoms with Crippen molar-refractivity contribution in [1.82, 2.24) is 4.90 Å². The van der Waals surface area contributed by atoms with Gasteiger partial charge in [0.1, 0.15) is 0 Å². The Labute approximate surface area is 110 Å². The first-order valence-corrected chi connectivity index (χ1v) is 7.71. The standard InChI is InChI=1S/C16H25NO/c1-17-14-8-9-15(17)11-13(10-14)16(18)12-6-4-2-3-5-7-12/h6,13-15H,2-5,7-11H2,1H3. The number of carbonyl (C=O) groups is 1. The molecule has 0 saturated carbocycles. The summed E-state index contributed by atoms with van der Waals surface area (Å²) < 4.78 is 0. The molecule has 0 radical (unpaired) electrons. The van der Waals surface area contributed by atoms with Crippen LogP contribution in [-0.2, 0) is 4.79 Å². The van der Waals surface area contributed by atoms with Crippen LogP contribution in [0.2, 0.25) is 0 Å². The Morgan fingerprint density at radius 2 is 1.89 bits per heavy atom. The van der Waals surface area contributed by atoms with E-state index in [0.717, 1.165) is 25.7 Å². The largest absolute Gasteiger partial charge is 0.300 e. The van der Waals surface area contributed by atoms with Crippen molar-refractivity contribution < 1.29 is 4.79 Å². The molecule has 18 heavy (non-hydrogen) atoms. The van der Waals surface area contributed by atoms with Crippen molar-refractivity contribution in [3.63, 3.8) is 0 Å². The number of allylic oxidation sites excluding steroid dienone is 2. The molecule has 1 aliphatic carbocycles. The number of piperidine rings is 1. The zero-order chi connectivity index (χ0) is 12.5. The summed E-state index contributed by atoms with van der Waals surface area (Å²) in [6, 6.07) is 1.37. The molecule has 2 atom stereocenters. The lowest BCUT2D eigenvalue weighted by Crippen LogP contribution is -2.42. The summed E-state index contributed by atoms with van der Waals surface area (Å²) in [6.07, 6.45) is 13.1. The fourth-order valence-corrected chi connectivity index (χ4v) is 4.13. The van der Waals surface area contributed by atoms with Crippen molar-refractivity contribution in [3.05, 3.63) is 11.6 Å². The first-order valence-electron chi connectivity index (χ1n) is 7.71. The maximum Gasteiger partial charge on any atom is 0.161 e. The first-order chi connectivity index (χ1) is 8.75. The number of nitrogens with zero attached hydrogens (tertiary/aromatic N) is 1. The number of hydrogen-bond donors (Lipinski definition) is 0. The summed E-state index contributed by atoms with van der Waals surface area (Å²) in [4.78, 5) is 15.2. The van der Waals surface area contributed by atoms with Crippen LogP contribution in [0.4, 0.5) is 0 Å². The predicted octanol–water partition coefficient (Wildman–Crippen LogP) is 3.32. The van der Waals surface area contributed by atoms with Gasteiger partial charge in [-0.3, -0.25) is 4.79 Å². The van der Waals surface area contributed by atoms with Crippen LogP contribution in [0.3, 0.4) is 0 Å². The monoisotopic (exact) mass is 247 g/mol. The molecule has 2 heterocycles. The van der Waals surface area contributed by atoms with Crippen molar-refractivity contribution in [2.45, 2.75) is 69.9 Å². The van der Waals surface area contributed by atoms with Crippen molar-refractivity contribution in [2.75, 3.05) is 7.05 Å². The molecular weight excluding hydrogens is 222 g/mol. The maximum atomic E-state index is 12.6. The Kier molecular flexibility index (Phi) is 3.56. The average Bonchev–Trinajstić information content (AvgIpc) is 2.67. The van der Waals surface area contributed by atoms with Crippen molar-refractivity contribution >= 4 is 5.78 Å². The summed E-state index contributed by atoms with van der Waals surface area (Å²) in [5, 5.41) is 0. The minimum atomic E-state index is 0.336. The molecule has 0 aromatic carbocycles. The summed E-state index contributed by atoms with van der Waals surface area (Å²) >= 11 is 0. The Morgan fingerprint density at radius 1 is 1.17 bits per heavy atom. The van der Waals surface area contributed by atoms with E-state index in [9.17, 15) is 4.79 Å². The fraction of sp³-hybridized carbons (Fsp3) is 0.812. The quantitative estimate of drug-likeness (QED) is 0.746. The summed E-state index contributed by atoms with van der Waals surface area (Å²) in [6.45, 7) is 0. The van der Waals surface area contributed by atoms with Gasteiger partial charge in [0.15, 0.2) is 5.78 Å². The number of hydrogen-bond acceptors (Lipinski definition) is 2. The molecule has 0 aromatic heterocycles. The lowest BCUT2D eigenvalue weighted by Gasteiger charge is -2.35. The topological polar surface area (TPSA) is 20.3 Å². The van der Waals surface area contributed by atoms with E-state index in [1.165, 1.54) is 37.7 Å². The van der Waals surface area contributed by atoms with Crippen molar-refractivity contribution in [2.24, 2.45) is 5.92 Å². The second-order valence-corrected chi connectivity index (χ2v) is 6.41. The third kappa shape index (κ3) is 2.27. The normalized spacial score (nSPS) is 37.2. The average molecular weight is 247 g/mol. The van der Waals surface area contributed by atoms with E-state index in [4.69, 9.17) is 0 Å². The van der Waals surface area contributed by atoms with E-state index < -0.39 is 0 Å². The Balaban J connectivity index is 1.68. The van der Waals surface area contributed by atoms with E-state index in [1.807, 2.05) is 0 Å². The first kappa shape index (κ1) is 12.4. The molecule has 0 N–H and O–H groups in total. The lowest BCUT2D eigenvalue weighted by molar-refractivity contribution is -0.121.